The van der Waals surface area contributed by atoms with E-state index in [-0.39, 0.29) is 24.2 Å². The highest BCUT2D eigenvalue weighted by atomic mass is 19.1. The molecule has 1 saturated heterocycles. The molecule has 1 N–H and O–H groups in total. The summed E-state index contributed by atoms with van der Waals surface area (Å²) in [5.41, 5.74) is 1.85. The number of nitrogens with zero attached hydrogens (tertiary/aromatic N) is 1. The molecule has 1 aliphatic rings. The monoisotopic (exact) mass is 356 g/mol. The Morgan fingerprint density at radius 2 is 1.92 bits per heavy atom. The van der Waals surface area contributed by atoms with E-state index < -0.39 is 0 Å². The number of aryl methyl sites for hydroxylation is 1. The lowest BCUT2D eigenvalue weighted by Crippen LogP contribution is -2.47. The van der Waals surface area contributed by atoms with Crippen molar-refractivity contribution in [3.05, 3.63) is 71.5 Å². The van der Waals surface area contributed by atoms with E-state index in [0.717, 1.165) is 19.6 Å². The number of morpholine rings is 1. The smallest absolute Gasteiger partial charge is 0.220 e. The molecule has 1 aliphatic heterocycles. The fourth-order valence-corrected chi connectivity index (χ4v) is 3.15. The number of nitrogens with one attached hydrogen (secondary N) is 1. The summed E-state index contributed by atoms with van der Waals surface area (Å²) in [5.74, 6) is -0.329. The summed E-state index contributed by atoms with van der Waals surface area (Å²) < 4.78 is 19.3. The highest BCUT2D eigenvalue weighted by Gasteiger charge is 2.21. The van der Waals surface area contributed by atoms with Crippen LogP contribution in [0.5, 0.6) is 0 Å². The van der Waals surface area contributed by atoms with Crippen molar-refractivity contribution in [3.8, 4) is 0 Å². The van der Waals surface area contributed by atoms with Gasteiger partial charge in [0.05, 0.1) is 12.7 Å². The van der Waals surface area contributed by atoms with E-state index in [1.165, 1.54) is 11.6 Å². The molecule has 138 valence electrons. The molecular weight excluding hydrogens is 331 g/mol. The molecule has 1 unspecified atom stereocenters. The molecule has 5 heteroatoms. The zero-order chi connectivity index (χ0) is 18.2. The van der Waals surface area contributed by atoms with Crippen LogP contribution in [0.3, 0.4) is 0 Å². The Hall–Kier alpha value is -2.24. The van der Waals surface area contributed by atoms with Crippen LogP contribution in [0.25, 0.3) is 0 Å². The maximum atomic E-state index is 13.6. The lowest BCUT2D eigenvalue weighted by Gasteiger charge is -2.33. The molecule has 26 heavy (non-hydrogen) atoms. The molecular formula is C21H25FN2O2. The highest BCUT2D eigenvalue weighted by Crippen LogP contribution is 2.11. The molecule has 4 nitrogen and oxygen atoms in total. The van der Waals surface area contributed by atoms with Gasteiger partial charge in [-0.1, -0.05) is 48.5 Å². The molecule has 1 fully saturated rings. The summed E-state index contributed by atoms with van der Waals surface area (Å²) in [6.07, 6.45) is 0.677. The second-order valence-corrected chi connectivity index (χ2v) is 6.61. The third-order valence-electron chi connectivity index (χ3n) is 4.58. The number of benzene rings is 2. The molecule has 2 aromatic rings. The first-order chi connectivity index (χ1) is 12.7. The van der Waals surface area contributed by atoms with Crippen molar-refractivity contribution in [2.75, 3.05) is 26.2 Å². The molecule has 0 bridgehead atoms. The number of carbonyl (C=O) groups is 1. The van der Waals surface area contributed by atoms with Gasteiger partial charge in [-0.05, 0) is 23.6 Å². The quantitative estimate of drug-likeness (QED) is 0.829. The van der Waals surface area contributed by atoms with Gasteiger partial charge in [0.25, 0.3) is 0 Å². The molecule has 0 spiro atoms. The normalized spacial score (nSPS) is 17.8. The Labute approximate surface area is 154 Å². The van der Waals surface area contributed by atoms with Gasteiger partial charge in [0.1, 0.15) is 5.82 Å². The van der Waals surface area contributed by atoms with Gasteiger partial charge in [0.2, 0.25) is 5.91 Å². The Balaban J connectivity index is 1.39. The third kappa shape index (κ3) is 5.64. The van der Waals surface area contributed by atoms with Crippen molar-refractivity contribution in [2.45, 2.75) is 25.5 Å². The first kappa shape index (κ1) is 18.5. The first-order valence-corrected chi connectivity index (χ1v) is 9.08. The van der Waals surface area contributed by atoms with E-state index in [9.17, 15) is 9.18 Å². The summed E-state index contributed by atoms with van der Waals surface area (Å²) in [6.45, 7) is 3.74. The summed E-state index contributed by atoms with van der Waals surface area (Å²) in [6, 6.07) is 16.9. The van der Waals surface area contributed by atoms with E-state index in [0.29, 0.717) is 25.1 Å². The van der Waals surface area contributed by atoms with Gasteiger partial charge in [0.15, 0.2) is 0 Å². The molecule has 2 aromatic carbocycles. The van der Waals surface area contributed by atoms with Crippen LogP contribution in [-0.4, -0.2) is 43.2 Å². The van der Waals surface area contributed by atoms with Crippen molar-refractivity contribution in [1.82, 2.24) is 10.2 Å². The van der Waals surface area contributed by atoms with Crippen LogP contribution in [0.1, 0.15) is 17.5 Å². The Morgan fingerprint density at radius 3 is 2.73 bits per heavy atom. The van der Waals surface area contributed by atoms with Crippen LogP contribution in [-0.2, 0) is 22.5 Å². The van der Waals surface area contributed by atoms with Crippen molar-refractivity contribution < 1.29 is 13.9 Å². The number of hydrogen-bond donors (Lipinski definition) is 1. The van der Waals surface area contributed by atoms with Crippen molar-refractivity contribution in [2.24, 2.45) is 0 Å². The lowest BCUT2D eigenvalue weighted by atomic mass is 10.1. The van der Waals surface area contributed by atoms with Gasteiger partial charge >= 0.3 is 0 Å². The Kier molecular flexibility index (Phi) is 6.75. The van der Waals surface area contributed by atoms with E-state index in [1.807, 2.05) is 18.2 Å². The van der Waals surface area contributed by atoms with Crippen molar-refractivity contribution >= 4 is 5.91 Å². The maximum Gasteiger partial charge on any atom is 0.220 e. The number of rotatable bonds is 7. The molecule has 1 atom stereocenters. The second-order valence-electron chi connectivity index (χ2n) is 6.61. The highest BCUT2D eigenvalue weighted by molar-refractivity contribution is 5.76. The van der Waals surface area contributed by atoms with Crippen LogP contribution in [0.4, 0.5) is 4.39 Å². The molecule has 0 saturated carbocycles. The number of amides is 1. The molecule has 1 amide bonds. The van der Waals surface area contributed by atoms with Gasteiger partial charge < -0.3 is 10.1 Å². The largest absolute Gasteiger partial charge is 0.374 e. The molecule has 0 aromatic heterocycles. The average molecular weight is 356 g/mol. The number of halogens is 1. The minimum absolute atomic E-state index is 0.00938. The lowest BCUT2D eigenvalue weighted by molar-refractivity contribution is -0.122. The van der Waals surface area contributed by atoms with Crippen LogP contribution < -0.4 is 5.32 Å². The average Bonchev–Trinajstić information content (AvgIpc) is 2.67. The maximum absolute atomic E-state index is 13.6. The fraction of sp³-hybridized carbons (Fsp3) is 0.381. The summed E-state index contributed by atoms with van der Waals surface area (Å²) in [4.78, 5) is 14.4. The number of carbonyl (C=O) groups excluding carboxylic acids is 1. The van der Waals surface area contributed by atoms with Crippen molar-refractivity contribution in [3.63, 3.8) is 0 Å². The molecule has 1 heterocycles. The van der Waals surface area contributed by atoms with Gasteiger partial charge in [-0.25, -0.2) is 4.39 Å². The Morgan fingerprint density at radius 1 is 1.15 bits per heavy atom. The SMILES string of the molecule is O=C(CCc1ccccc1F)NCC1CN(Cc2ccccc2)CCO1. The van der Waals surface area contributed by atoms with Crippen LogP contribution in [0.2, 0.25) is 0 Å². The summed E-state index contributed by atoms with van der Waals surface area (Å²) >= 11 is 0. The summed E-state index contributed by atoms with van der Waals surface area (Å²) in [7, 11) is 0. The number of ether oxygens (including phenoxy) is 1. The minimum atomic E-state index is -0.257. The van der Waals surface area contributed by atoms with E-state index in [4.69, 9.17) is 4.74 Å². The van der Waals surface area contributed by atoms with Crippen molar-refractivity contribution in [1.29, 1.82) is 0 Å². The first-order valence-electron chi connectivity index (χ1n) is 9.08. The second kappa shape index (κ2) is 9.46. The standard InChI is InChI=1S/C21H25FN2O2/c22-20-9-5-4-8-18(20)10-11-21(25)23-14-19-16-24(12-13-26-19)15-17-6-2-1-3-7-17/h1-9,19H,10-16H2,(H,23,25). The minimum Gasteiger partial charge on any atom is -0.374 e. The molecule has 0 aliphatic carbocycles. The fourth-order valence-electron chi connectivity index (χ4n) is 3.15. The van der Waals surface area contributed by atoms with Gasteiger partial charge in [-0.2, -0.15) is 0 Å². The van der Waals surface area contributed by atoms with Crippen LogP contribution in [0, 0.1) is 5.82 Å². The van der Waals surface area contributed by atoms with E-state index in [1.54, 1.807) is 18.2 Å². The summed E-state index contributed by atoms with van der Waals surface area (Å²) in [5, 5.41) is 2.91. The van der Waals surface area contributed by atoms with Gasteiger partial charge in [0, 0.05) is 32.6 Å². The Bertz CT molecular complexity index is 708. The topological polar surface area (TPSA) is 41.6 Å². The van der Waals surface area contributed by atoms with Gasteiger partial charge in [-0.3, -0.25) is 9.69 Å². The van der Waals surface area contributed by atoms with E-state index >= 15 is 0 Å². The van der Waals surface area contributed by atoms with Crippen LogP contribution >= 0.6 is 0 Å². The molecule has 3 rings (SSSR count). The molecule has 0 radical (unpaired) electrons. The van der Waals surface area contributed by atoms with Crippen LogP contribution in [0.15, 0.2) is 54.6 Å². The third-order valence-corrected chi connectivity index (χ3v) is 4.58. The predicted octanol–water partition coefficient (Wildman–Crippen LogP) is 2.78. The zero-order valence-electron chi connectivity index (χ0n) is 14.9. The van der Waals surface area contributed by atoms with Gasteiger partial charge in [-0.15, -0.1) is 0 Å². The predicted molar refractivity (Wildman–Crippen MR) is 99.2 cm³/mol. The zero-order valence-corrected chi connectivity index (χ0v) is 14.9. The number of hydrogen-bond acceptors (Lipinski definition) is 3. The van der Waals surface area contributed by atoms with E-state index in [2.05, 4.69) is 22.3 Å².